The topological polar surface area (TPSA) is 130 Å². The van der Waals surface area contributed by atoms with Gasteiger partial charge in [0.2, 0.25) is 0 Å². The number of benzene rings is 3. The Bertz CT molecular complexity index is 2140. The number of aliphatic imine (C=N–C) groups is 1. The van der Waals surface area contributed by atoms with Gasteiger partial charge in [0.25, 0.3) is 11.8 Å². The Morgan fingerprint density at radius 2 is 1.56 bits per heavy atom. The van der Waals surface area contributed by atoms with Crippen molar-refractivity contribution in [2.45, 2.75) is 65.0 Å². The molecule has 284 valence electrons. The Morgan fingerprint density at radius 3 is 2.29 bits per heavy atom. The van der Waals surface area contributed by atoms with Crippen molar-refractivity contribution in [3.63, 3.8) is 0 Å². The second kappa shape index (κ2) is 16.1. The van der Waals surface area contributed by atoms with Crippen molar-refractivity contribution in [1.29, 1.82) is 0 Å². The molecule has 0 aliphatic carbocycles. The molecule has 55 heavy (non-hydrogen) atoms. The summed E-state index contributed by atoms with van der Waals surface area (Å²) in [6, 6.07) is 15.0. The highest BCUT2D eigenvalue weighted by Crippen LogP contribution is 2.42. The summed E-state index contributed by atoms with van der Waals surface area (Å²) in [7, 11) is 1.47. The summed E-state index contributed by atoms with van der Waals surface area (Å²) in [5.74, 6) is 0.681. The van der Waals surface area contributed by atoms with Crippen LogP contribution >= 0.6 is 0 Å². The number of rotatable bonds is 11. The van der Waals surface area contributed by atoms with E-state index >= 15 is 0 Å². The predicted molar refractivity (Wildman–Crippen MR) is 208 cm³/mol. The molecule has 3 atom stereocenters. The molecule has 3 aromatic rings. The number of nitrogens with zero attached hydrogens (tertiary/aromatic N) is 4. The second-order valence-electron chi connectivity index (χ2n) is 13.7. The molecule has 4 aliphatic rings. The molecular weight excluding hydrogens is 700 g/mol. The molecule has 4 heterocycles. The van der Waals surface area contributed by atoms with Crippen molar-refractivity contribution in [3.05, 3.63) is 125 Å². The molecule has 0 bridgehead atoms. The van der Waals surface area contributed by atoms with Gasteiger partial charge in [-0.25, -0.2) is 9.69 Å². The van der Waals surface area contributed by atoms with Crippen LogP contribution in [0.3, 0.4) is 0 Å². The van der Waals surface area contributed by atoms with Gasteiger partial charge in [0.05, 0.1) is 54.9 Å². The van der Waals surface area contributed by atoms with E-state index in [9.17, 15) is 19.5 Å². The largest absolute Gasteiger partial charge is 0.493 e. The standard InChI is InChI=1S/C43H44N4O8/c1-5-11-29-18-31-23-44-34-21-37(27(3)17-32(34)40(48)45(31)24-29)53-15-10-16-54-39-22-35-33(20-38(39)52-4)41(49)46-25-30(12-6-2)19-36(46)42(50)47(35)43(51)55-26-28-13-8-7-9-14-28/h5-9,11-14,17,20-25,31,36,42,50H,10,15-16,18-19,26H2,1-4H3/b11-5+,12-6+/t31-,36-,42-/m0/s1. The SMILES string of the molecule is C/C=C/C1=CN2C(=O)c3cc(C)c(OCCCOc4cc5c(cc4OC)C(=O)N4C=C(/C=C/C)C[C@H]4[C@H](O)N5C(=O)OCc4ccccc4)cc3N=C[C@@H]2C1. The highest BCUT2D eigenvalue weighted by atomic mass is 16.6. The minimum absolute atomic E-state index is 0.0253. The van der Waals surface area contributed by atoms with Gasteiger partial charge in [-0.2, -0.15) is 0 Å². The van der Waals surface area contributed by atoms with Crippen LogP contribution in [0.2, 0.25) is 0 Å². The number of aryl methyl sites for hydroxylation is 1. The van der Waals surface area contributed by atoms with E-state index in [2.05, 4.69) is 4.99 Å². The number of amides is 3. The third-order valence-electron chi connectivity index (χ3n) is 9.94. The fourth-order valence-corrected chi connectivity index (χ4v) is 7.26. The number of carbonyl (C=O) groups is 3. The molecule has 1 N–H and O–H groups in total. The maximum atomic E-state index is 14.0. The van der Waals surface area contributed by atoms with Gasteiger partial charge in [0.1, 0.15) is 12.4 Å². The number of fused-ring (bicyclic) bond motifs is 4. The number of hydrogen-bond acceptors (Lipinski definition) is 9. The molecule has 3 amide bonds. The van der Waals surface area contributed by atoms with Gasteiger partial charge in [-0.05, 0) is 68.0 Å². The number of anilines is 1. The van der Waals surface area contributed by atoms with Crippen molar-refractivity contribution in [2.24, 2.45) is 4.99 Å². The molecule has 0 aromatic heterocycles. The van der Waals surface area contributed by atoms with Crippen molar-refractivity contribution in [3.8, 4) is 17.2 Å². The molecule has 0 saturated carbocycles. The van der Waals surface area contributed by atoms with E-state index in [1.807, 2.05) is 93.9 Å². The first-order valence-electron chi connectivity index (χ1n) is 18.4. The lowest BCUT2D eigenvalue weighted by atomic mass is 10.1. The van der Waals surface area contributed by atoms with Crippen LogP contribution in [0.1, 0.15) is 65.0 Å². The lowest BCUT2D eigenvalue weighted by molar-refractivity contribution is 0.0545. The first-order valence-corrected chi connectivity index (χ1v) is 18.4. The van der Waals surface area contributed by atoms with Gasteiger partial charge in [-0.15, -0.1) is 0 Å². The number of allylic oxidation sites excluding steroid dienone is 4. The Balaban J connectivity index is 1.07. The average molecular weight is 745 g/mol. The zero-order valence-corrected chi connectivity index (χ0v) is 31.3. The predicted octanol–water partition coefficient (Wildman–Crippen LogP) is 7.39. The fourth-order valence-electron chi connectivity index (χ4n) is 7.26. The first-order chi connectivity index (χ1) is 26.7. The minimum atomic E-state index is -1.42. The highest BCUT2D eigenvalue weighted by molar-refractivity contribution is 6.07. The Hall–Kier alpha value is -6.14. The summed E-state index contributed by atoms with van der Waals surface area (Å²) >= 11 is 0. The Kier molecular flexibility index (Phi) is 10.9. The van der Waals surface area contributed by atoms with Gasteiger partial charge >= 0.3 is 6.09 Å². The molecule has 7 rings (SSSR count). The molecule has 0 saturated heterocycles. The van der Waals surface area contributed by atoms with Gasteiger partial charge < -0.3 is 33.9 Å². The summed E-state index contributed by atoms with van der Waals surface area (Å²) in [6.45, 7) is 6.19. The maximum absolute atomic E-state index is 14.0. The van der Waals surface area contributed by atoms with Crippen LogP contribution in [-0.2, 0) is 11.3 Å². The minimum Gasteiger partial charge on any atom is -0.493 e. The molecular formula is C43H44N4O8. The van der Waals surface area contributed by atoms with Gasteiger partial charge in [-0.3, -0.25) is 14.6 Å². The molecule has 0 unspecified atom stereocenters. The zero-order valence-electron chi connectivity index (χ0n) is 31.3. The van der Waals surface area contributed by atoms with Crippen LogP contribution in [0.4, 0.5) is 16.2 Å². The third kappa shape index (κ3) is 7.50. The van der Waals surface area contributed by atoms with E-state index < -0.39 is 24.3 Å². The van der Waals surface area contributed by atoms with E-state index in [1.165, 1.54) is 24.1 Å². The van der Waals surface area contributed by atoms with Gasteiger partial charge in [0, 0.05) is 37.2 Å². The van der Waals surface area contributed by atoms with Crippen molar-refractivity contribution < 1.29 is 38.4 Å². The highest BCUT2D eigenvalue weighted by Gasteiger charge is 2.45. The quantitative estimate of drug-likeness (QED) is 0.201. The Morgan fingerprint density at radius 1 is 0.873 bits per heavy atom. The second-order valence-corrected chi connectivity index (χ2v) is 13.7. The summed E-state index contributed by atoms with van der Waals surface area (Å²) in [6.07, 6.45) is 12.4. The van der Waals surface area contributed by atoms with Crippen molar-refractivity contribution in [1.82, 2.24) is 9.80 Å². The number of ether oxygens (including phenoxy) is 4. The van der Waals surface area contributed by atoms with Crippen molar-refractivity contribution in [2.75, 3.05) is 25.2 Å². The number of aliphatic hydroxyl groups excluding tert-OH is 1. The molecule has 12 nitrogen and oxygen atoms in total. The first kappa shape index (κ1) is 37.2. The lowest BCUT2D eigenvalue weighted by Gasteiger charge is -2.31. The van der Waals surface area contributed by atoms with E-state index in [0.717, 1.165) is 27.2 Å². The normalized spacial score (nSPS) is 20.1. The third-order valence-corrected chi connectivity index (χ3v) is 9.94. The zero-order chi connectivity index (χ0) is 38.6. The monoisotopic (exact) mass is 744 g/mol. The summed E-state index contributed by atoms with van der Waals surface area (Å²) in [5, 5.41) is 11.8. The summed E-state index contributed by atoms with van der Waals surface area (Å²) < 4.78 is 23.7. The molecule has 3 aromatic carbocycles. The van der Waals surface area contributed by atoms with E-state index in [4.69, 9.17) is 18.9 Å². The number of carbonyl (C=O) groups excluding carboxylic acids is 3. The smallest absolute Gasteiger partial charge is 0.416 e. The van der Waals surface area contributed by atoms with Gasteiger partial charge in [0.15, 0.2) is 17.7 Å². The maximum Gasteiger partial charge on any atom is 0.416 e. The van der Waals surface area contributed by atoms with Crippen LogP contribution in [0.5, 0.6) is 17.2 Å². The fraction of sp³-hybridized carbons (Fsp3) is 0.302. The molecule has 0 spiro atoms. The van der Waals surface area contributed by atoms with E-state index in [-0.39, 0.29) is 47.9 Å². The van der Waals surface area contributed by atoms with E-state index in [1.54, 1.807) is 17.2 Å². The van der Waals surface area contributed by atoms with Gasteiger partial charge in [-0.1, -0.05) is 54.6 Å². The number of methoxy groups -OCH3 is 1. The average Bonchev–Trinajstić information content (AvgIpc) is 3.76. The Labute approximate surface area is 320 Å². The van der Waals surface area contributed by atoms with Crippen LogP contribution in [0, 0.1) is 6.92 Å². The van der Waals surface area contributed by atoms with Crippen LogP contribution < -0.4 is 19.1 Å². The molecule has 0 fully saturated rings. The summed E-state index contributed by atoms with van der Waals surface area (Å²) in [4.78, 5) is 50.3. The number of hydrogen-bond donors (Lipinski definition) is 1. The molecule has 4 aliphatic heterocycles. The van der Waals surface area contributed by atoms with Crippen LogP contribution in [-0.4, -0.2) is 77.7 Å². The van der Waals surface area contributed by atoms with Crippen LogP contribution in [0.25, 0.3) is 0 Å². The molecule has 12 heteroatoms. The van der Waals surface area contributed by atoms with E-state index in [0.29, 0.717) is 42.9 Å². The summed E-state index contributed by atoms with van der Waals surface area (Å²) in [5.41, 5.74) is 4.88. The van der Waals surface area contributed by atoms with Crippen LogP contribution in [0.15, 0.2) is 107 Å². The van der Waals surface area contributed by atoms with Crippen molar-refractivity contribution >= 4 is 35.5 Å². The lowest BCUT2D eigenvalue weighted by Crippen LogP contribution is -2.50. The molecule has 0 radical (unpaired) electrons. The number of aliphatic hydroxyl groups is 1.